The number of carbonyl (C=O) groups is 1. The number of aliphatic hydroxyl groups is 1. The molecule has 0 saturated carbocycles. The first-order valence-electron chi connectivity index (χ1n) is 9.50. The van der Waals surface area contributed by atoms with Crippen molar-refractivity contribution in [2.75, 3.05) is 13.2 Å². The minimum absolute atomic E-state index is 0.0141. The van der Waals surface area contributed by atoms with E-state index in [1.807, 2.05) is 60.7 Å². The fourth-order valence-corrected chi connectivity index (χ4v) is 4.05. The Bertz CT molecular complexity index is 977. The minimum Gasteiger partial charge on any atom is -0.491 e. The molecule has 0 atom stereocenters. The molecular formula is C23H22N2O3S. The lowest BCUT2D eigenvalue weighted by atomic mass is 10.1. The monoisotopic (exact) mass is 406 g/mol. The molecule has 6 heteroatoms. The number of rotatable bonds is 5. The third-order valence-electron chi connectivity index (χ3n) is 4.80. The van der Waals surface area contributed by atoms with Crippen LogP contribution in [0.4, 0.5) is 0 Å². The van der Waals surface area contributed by atoms with Gasteiger partial charge in [0.25, 0.3) is 5.91 Å². The van der Waals surface area contributed by atoms with Crippen LogP contribution in [0.2, 0.25) is 0 Å². The van der Waals surface area contributed by atoms with Gasteiger partial charge in [-0.05, 0) is 47.5 Å². The van der Waals surface area contributed by atoms with Gasteiger partial charge in [-0.2, -0.15) is 0 Å². The van der Waals surface area contributed by atoms with Gasteiger partial charge >= 0.3 is 0 Å². The molecule has 2 heterocycles. The summed E-state index contributed by atoms with van der Waals surface area (Å²) in [5.74, 6) is 1.57. The van der Waals surface area contributed by atoms with Gasteiger partial charge in [-0.25, -0.2) is 4.98 Å². The molecule has 0 unspecified atom stereocenters. The molecule has 1 aliphatic heterocycles. The molecule has 0 radical (unpaired) electrons. The Balaban J connectivity index is 1.43. The molecule has 5 nitrogen and oxygen atoms in total. The Labute approximate surface area is 174 Å². The highest BCUT2D eigenvalue weighted by molar-refractivity contribution is 7.98. The molecule has 0 fully saturated rings. The lowest BCUT2D eigenvalue weighted by molar-refractivity contribution is 0.0733. The van der Waals surface area contributed by atoms with Crippen LogP contribution in [0.5, 0.6) is 5.75 Å². The number of aromatic nitrogens is 1. The van der Waals surface area contributed by atoms with Crippen LogP contribution in [0.15, 0.2) is 71.9 Å². The molecule has 29 heavy (non-hydrogen) atoms. The highest BCUT2D eigenvalue weighted by Gasteiger charge is 2.21. The van der Waals surface area contributed by atoms with Crippen molar-refractivity contribution >= 4 is 17.7 Å². The molecule has 3 aromatic rings. The first kappa shape index (κ1) is 19.5. The maximum Gasteiger partial charge on any atom is 0.254 e. The zero-order valence-corrected chi connectivity index (χ0v) is 16.8. The summed E-state index contributed by atoms with van der Waals surface area (Å²) in [5, 5.41) is 10.4. The average Bonchev–Trinajstić information content (AvgIpc) is 3.00. The van der Waals surface area contributed by atoms with Gasteiger partial charge in [0.15, 0.2) is 0 Å². The van der Waals surface area contributed by atoms with Crippen molar-refractivity contribution < 1.29 is 14.6 Å². The molecule has 1 N–H and O–H groups in total. The van der Waals surface area contributed by atoms with E-state index in [0.29, 0.717) is 25.3 Å². The predicted molar refractivity (Wildman–Crippen MR) is 113 cm³/mol. The molecule has 0 aliphatic carbocycles. The predicted octanol–water partition coefficient (Wildman–Crippen LogP) is 3.90. The van der Waals surface area contributed by atoms with E-state index in [4.69, 9.17) is 4.74 Å². The van der Waals surface area contributed by atoms with E-state index >= 15 is 0 Å². The third kappa shape index (κ3) is 4.78. The second-order valence-electron chi connectivity index (χ2n) is 6.83. The topological polar surface area (TPSA) is 62.7 Å². The molecule has 2 aromatic carbocycles. The SMILES string of the molecule is O=C(c1ccc(CSc2ccccn2)cc1)N1CCOc2ccc(CO)cc2C1. The number of thioether (sulfide) groups is 1. The second-order valence-corrected chi connectivity index (χ2v) is 7.82. The van der Waals surface area contributed by atoms with Gasteiger partial charge in [0, 0.05) is 29.6 Å². The number of amides is 1. The van der Waals surface area contributed by atoms with Crippen LogP contribution in [0.1, 0.15) is 27.0 Å². The van der Waals surface area contributed by atoms with E-state index in [2.05, 4.69) is 4.98 Å². The van der Waals surface area contributed by atoms with Gasteiger partial charge in [-0.1, -0.05) is 24.3 Å². The van der Waals surface area contributed by atoms with Crippen LogP contribution in [0.3, 0.4) is 0 Å². The number of ether oxygens (including phenoxy) is 1. The van der Waals surface area contributed by atoms with Crippen LogP contribution < -0.4 is 4.74 Å². The van der Waals surface area contributed by atoms with Crippen LogP contribution in [-0.4, -0.2) is 34.0 Å². The number of carbonyl (C=O) groups excluding carboxylic acids is 1. The second kappa shape index (κ2) is 9.11. The Morgan fingerprint density at radius 3 is 2.69 bits per heavy atom. The van der Waals surface area contributed by atoms with Crippen LogP contribution in [0, 0.1) is 0 Å². The largest absolute Gasteiger partial charge is 0.491 e. The summed E-state index contributed by atoms with van der Waals surface area (Å²) in [6.07, 6.45) is 1.79. The minimum atomic E-state index is -0.0286. The number of nitrogens with zero attached hydrogens (tertiary/aromatic N) is 2. The maximum atomic E-state index is 13.0. The van der Waals surface area contributed by atoms with E-state index < -0.39 is 0 Å². The standard InChI is InChI=1S/C23H22N2O3S/c26-15-18-6-9-21-20(13-18)14-25(11-12-28-21)23(27)19-7-4-17(5-8-19)16-29-22-3-1-2-10-24-22/h1-10,13,26H,11-12,14-16H2. The molecular weight excluding hydrogens is 384 g/mol. The van der Waals surface area contributed by atoms with Gasteiger partial charge in [-0.15, -0.1) is 11.8 Å². The Kier molecular flexibility index (Phi) is 6.12. The number of aliphatic hydroxyl groups excluding tert-OH is 1. The molecule has 0 spiro atoms. The molecule has 1 amide bonds. The summed E-state index contributed by atoms with van der Waals surface area (Å²) in [4.78, 5) is 19.1. The number of hydrogen-bond donors (Lipinski definition) is 1. The molecule has 1 aromatic heterocycles. The van der Waals surface area contributed by atoms with Gasteiger partial charge in [0.05, 0.1) is 18.2 Å². The van der Waals surface area contributed by atoms with Crippen LogP contribution in [-0.2, 0) is 18.9 Å². The van der Waals surface area contributed by atoms with Gasteiger partial charge in [0.2, 0.25) is 0 Å². The van der Waals surface area contributed by atoms with E-state index in [0.717, 1.165) is 33.2 Å². The summed E-state index contributed by atoms with van der Waals surface area (Å²) in [5.41, 5.74) is 3.55. The number of pyridine rings is 1. The maximum absolute atomic E-state index is 13.0. The zero-order chi connectivity index (χ0) is 20.1. The van der Waals surface area contributed by atoms with Gasteiger partial charge in [0.1, 0.15) is 12.4 Å². The number of benzene rings is 2. The van der Waals surface area contributed by atoms with Crippen molar-refractivity contribution in [1.29, 1.82) is 0 Å². The Morgan fingerprint density at radius 2 is 1.93 bits per heavy atom. The van der Waals surface area contributed by atoms with E-state index in [9.17, 15) is 9.90 Å². The summed E-state index contributed by atoms with van der Waals surface area (Å²) < 4.78 is 5.77. The molecule has 4 rings (SSSR count). The first-order valence-corrected chi connectivity index (χ1v) is 10.5. The van der Waals surface area contributed by atoms with Crippen LogP contribution >= 0.6 is 11.8 Å². The summed E-state index contributed by atoms with van der Waals surface area (Å²) in [6.45, 7) is 1.42. The summed E-state index contributed by atoms with van der Waals surface area (Å²) in [6, 6.07) is 19.2. The lowest BCUT2D eigenvalue weighted by Gasteiger charge is -2.20. The highest BCUT2D eigenvalue weighted by atomic mass is 32.2. The fourth-order valence-electron chi connectivity index (χ4n) is 3.24. The van der Waals surface area contributed by atoms with E-state index in [-0.39, 0.29) is 12.5 Å². The fraction of sp³-hybridized carbons (Fsp3) is 0.217. The van der Waals surface area contributed by atoms with E-state index in [1.165, 1.54) is 0 Å². The number of fused-ring (bicyclic) bond motifs is 1. The van der Waals surface area contributed by atoms with Crippen molar-refractivity contribution in [3.05, 3.63) is 89.1 Å². The van der Waals surface area contributed by atoms with Crippen molar-refractivity contribution in [3.8, 4) is 5.75 Å². The normalized spacial score (nSPS) is 13.3. The lowest BCUT2D eigenvalue weighted by Crippen LogP contribution is -2.32. The Morgan fingerprint density at radius 1 is 1.10 bits per heavy atom. The molecule has 0 bridgehead atoms. The molecule has 1 aliphatic rings. The van der Waals surface area contributed by atoms with Gasteiger partial charge in [-0.3, -0.25) is 4.79 Å². The summed E-state index contributed by atoms with van der Waals surface area (Å²) in [7, 11) is 0. The average molecular weight is 407 g/mol. The van der Waals surface area contributed by atoms with E-state index in [1.54, 1.807) is 22.9 Å². The van der Waals surface area contributed by atoms with Crippen molar-refractivity contribution in [2.24, 2.45) is 0 Å². The van der Waals surface area contributed by atoms with Crippen LogP contribution in [0.25, 0.3) is 0 Å². The van der Waals surface area contributed by atoms with Gasteiger partial charge < -0.3 is 14.7 Å². The zero-order valence-electron chi connectivity index (χ0n) is 16.0. The molecule has 0 saturated heterocycles. The Hall–Kier alpha value is -2.83. The molecule has 148 valence electrons. The highest BCUT2D eigenvalue weighted by Crippen LogP contribution is 2.26. The number of hydrogen-bond acceptors (Lipinski definition) is 5. The summed E-state index contributed by atoms with van der Waals surface area (Å²) >= 11 is 1.67. The quantitative estimate of drug-likeness (QED) is 0.651. The first-order chi connectivity index (χ1) is 14.2. The third-order valence-corrected chi connectivity index (χ3v) is 5.81. The van der Waals surface area contributed by atoms with Crippen molar-refractivity contribution in [3.63, 3.8) is 0 Å². The van der Waals surface area contributed by atoms with Crippen molar-refractivity contribution in [2.45, 2.75) is 23.9 Å². The smallest absolute Gasteiger partial charge is 0.254 e. The van der Waals surface area contributed by atoms with Crippen molar-refractivity contribution in [1.82, 2.24) is 9.88 Å².